The zero-order valence-electron chi connectivity index (χ0n) is 24.3. The van der Waals surface area contributed by atoms with Crippen molar-refractivity contribution in [1.82, 2.24) is 14.7 Å². The lowest BCUT2D eigenvalue weighted by atomic mass is 9.76. The molecule has 0 aliphatic carbocycles. The van der Waals surface area contributed by atoms with Gasteiger partial charge in [-0.3, -0.25) is 4.79 Å². The van der Waals surface area contributed by atoms with E-state index in [-0.39, 0.29) is 23.9 Å². The monoisotopic (exact) mass is 567 g/mol. The maximum atomic E-state index is 14.4. The van der Waals surface area contributed by atoms with Crippen LogP contribution in [0.2, 0.25) is 0 Å². The molecule has 2 aromatic rings. The van der Waals surface area contributed by atoms with E-state index in [1.807, 2.05) is 54.8 Å². The van der Waals surface area contributed by atoms with Crippen molar-refractivity contribution in [2.75, 3.05) is 20.1 Å². The summed E-state index contributed by atoms with van der Waals surface area (Å²) in [4.78, 5) is 33.5. The van der Waals surface area contributed by atoms with Crippen LogP contribution in [0.1, 0.15) is 67.4 Å². The van der Waals surface area contributed by atoms with Crippen LogP contribution in [0, 0.1) is 18.3 Å². The summed E-state index contributed by atoms with van der Waals surface area (Å²) in [5.41, 5.74) is 1.01. The molecule has 0 radical (unpaired) electrons. The number of rotatable bonds is 8. The van der Waals surface area contributed by atoms with Gasteiger partial charge in [-0.15, -0.1) is 13.2 Å². The van der Waals surface area contributed by atoms with Gasteiger partial charge in [-0.1, -0.05) is 62.4 Å². The second-order valence-electron chi connectivity index (χ2n) is 11.7. The van der Waals surface area contributed by atoms with Gasteiger partial charge in [0.1, 0.15) is 0 Å². The Kier molecular flexibility index (Phi) is 8.71. The van der Waals surface area contributed by atoms with Gasteiger partial charge in [0, 0.05) is 20.1 Å². The minimum atomic E-state index is -4.48. The van der Waals surface area contributed by atoms with Crippen molar-refractivity contribution in [2.45, 2.75) is 64.3 Å². The number of allylic oxidation sites excluding steroid dienone is 2. The number of fused-ring (bicyclic) bond motifs is 1. The molecule has 2 heterocycles. The average molecular weight is 568 g/mol. The van der Waals surface area contributed by atoms with Crippen molar-refractivity contribution in [3.8, 4) is 0 Å². The highest BCUT2D eigenvalue weighted by molar-refractivity contribution is 5.87. The summed E-state index contributed by atoms with van der Waals surface area (Å²) in [7, 11) is 1.66. The number of hydrogen-bond acceptors (Lipinski definition) is 2. The van der Waals surface area contributed by atoms with E-state index in [0.717, 1.165) is 23.3 Å². The lowest BCUT2D eigenvalue weighted by Gasteiger charge is -2.47. The van der Waals surface area contributed by atoms with E-state index in [4.69, 9.17) is 0 Å². The highest BCUT2D eigenvalue weighted by Crippen LogP contribution is 2.50. The summed E-state index contributed by atoms with van der Waals surface area (Å²) in [6.45, 7) is 14.3. The molecular weight excluding hydrogens is 527 g/mol. The van der Waals surface area contributed by atoms with Gasteiger partial charge in [0.05, 0.1) is 29.1 Å². The number of amides is 3. The molecule has 220 valence electrons. The number of benzene rings is 2. The Hall–Kier alpha value is -3.55. The molecule has 5 nitrogen and oxygen atoms in total. The van der Waals surface area contributed by atoms with Gasteiger partial charge in [0.25, 0.3) is 0 Å². The summed E-state index contributed by atoms with van der Waals surface area (Å²) in [6.07, 6.45) is 0.667. The minimum absolute atomic E-state index is 0.0605. The molecule has 0 aromatic heterocycles. The standard InChI is InChI=1S/C33H40F3N3O2/c1-7-16-32(17-8-2)21-27-29(26-15-10-9-12-23(26)5)39(19-18-38(27)30(32)40)31(41)37(6)28(22(3)4)24-13-11-14-25(20-24)33(34,35)36/h7-15,20,22,27-29H,1-2,16-19,21H2,3-6H3/t27-,28+,29-/m0/s1. The number of carbonyl (C=O) groups excluding carboxylic acids is 2. The van der Waals surface area contributed by atoms with Crippen molar-refractivity contribution in [2.24, 2.45) is 11.3 Å². The zero-order chi connectivity index (χ0) is 30.1. The lowest BCUT2D eigenvalue weighted by molar-refractivity contribution is -0.139. The first-order valence-electron chi connectivity index (χ1n) is 14.1. The van der Waals surface area contributed by atoms with Crippen LogP contribution in [0.25, 0.3) is 0 Å². The zero-order valence-corrected chi connectivity index (χ0v) is 24.3. The van der Waals surface area contributed by atoms with E-state index in [0.29, 0.717) is 37.9 Å². The van der Waals surface area contributed by atoms with Crippen LogP contribution >= 0.6 is 0 Å². The topological polar surface area (TPSA) is 43.9 Å². The van der Waals surface area contributed by atoms with E-state index in [9.17, 15) is 22.8 Å². The molecule has 0 bridgehead atoms. The van der Waals surface area contributed by atoms with Crippen molar-refractivity contribution < 1.29 is 22.8 Å². The van der Waals surface area contributed by atoms with Crippen molar-refractivity contribution >= 4 is 11.9 Å². The van der Waals surface area contributed by atoms with E-state index >= 15 is 0 Å². The van der Waals surface area contributed by atoms with Gasteiger partial charge in [-0.05, 0) is 60.9 Å². The van der Waals surface area contributed by atoms with Crippen LogP contribution in [0.4, 0.5) is 18.0 Å². The summed E-state index contributed by atoms with van der Waals surface area (Å²) in [6, 6.07) is 11.6. The van der Waals surface area contributed by atoms with E-state index < -0.39 is 29.2 Å². The Labute approximate surface area is 241 Å². The lowest BCUT2D eigenvalue weighted by Crippen LogP contribution is -2.58. The average Bonchev–Trinajstić information content (AvgIpc) is 3.19. The van der Waals surface area contributed by atoms with Gasteiger partial charge in [-0.2, -0.15) is 13.2 Å². The first-order chi connectivity index (χ1) is 19.4. The second kappa shape index (κ2) is 11.7. The molecule has 2 fully saturated rings. The van der Waals surface area contributed by atoms with Crippen molar-refractivity contribution in [1.29, 1.82) is 0 Å². The third-order valence-electron chi connectivity index (χ3n) is 8.73. The maximum Gasteiger partial charge on any atom is 0.416 e. The Morgan fingerprint density at radius 2 is 1.76 bits per heavy atom. The maximum absolute atomic E-state index is 14.4. The fraction of sp³-hybridized carbons (Fsp3) is 0.455. The fourth-order valence-corrected chi connectivity index (χ4v) is 6.93. The van der Waals surface area contributed by atoms with E-state index in [1.165, 1.54) is 6.07 Å². The number of piperazine rings is 1. The van der Waals surface area contributed by atoms with Gasteiger partial charge >= 0.3 is 12.2 Å². The normalized spacial score (nSPS) is 21.0. The molecule has 41 heavy (non-hydrogen) atoms. The van der Waals surface area contributed by atoms with Crippen LogP contribution in [0.5, 0.6) is 0 Å². The summed E-state index contributed by atoms with van der Waals surface area (Å²) >= 11 is 0. The number of halogens is 3. The van der Waals surface area contributed by atoms with E-state index in [1.54, 1.807) is 30.2 Å². The molecule has 0 N–H and O–H groups in total. The predicted octanol–water partition coefficient (Wildman–Crippen LogP) is 7.56. The fourth-order valence-electron chi connectivity index (χ4n) is 6.93. The van der Waals surface area contributed by atoms with E-state index in [2.05, 4.69) is 13.2 Å². The summed E-state index contributed by atoms with van der Waals surface area (Å²) < 4.78 is 40.7. The van der Waals surface area contributed by atoms with Gasteiger partial charge in [0.2, 0.25) is 5.91 Å². The van der Waals surface area contributed by atoms with Crippen molar-refractivity contribution in [3.05, 3.63) is 96.1 Å². The van der Waals surface area contributed by atoms with Gasteiger partial charge < -0.3 is 14.7 Å². The van der Waals surface area contributed by atoms with Crippen LogP contribution in [-0.4, -0.2) is 52.8 Å². The molecule has 0 unspecified atom stereocenters. The smallest absolute Gasteiger partial charge is 0.335 e. The molecule has 0 saturated carbocycles. The molecule has 3 atom stereocenters. The molecule has 2 aliphatic heterocycles. The van der Waals surface area contributed by atoms with Crippen molar-refractivity contribution in [3.63, 3.8) is 0 Å². The highest BCUT2D eigenvalue weighted by Gasteiger charge is 2.56. The Morgan fingerprint density at radius 3 is 2.34 bits per heavy atom. The molecule has 2 saturated heterocycles. The molecule has 8 heteroatoms. The number of alkyl halides is 3. The molecule has 3 amide bonds. The Bertz CT molecular complexity index is 1290. The number of aryl methyl sites for hydroxylation is 1. The molecule has 0 spiro atoms. The summed E-state index contributed by atoms with van der Waals surface area (Å²) in [5, 5.41) is 0. The largest absolute Gasteiger partial charge is 0.416 e. The van der Waals surface area contributed by atoms with Crippen LogP contribution < -0.4 is 0 Å². The Morgan fingerprint density at radius 1 is 1.10 bits per heavy atom. The van der Waals surface area contributed by atoms with Gasteiger partial charge in [-0.25, -0.2) is 4.79 Å². The summed E-state index contributed by atoms with van der Waals surface area (Å²) in [5.74, 6) is -0.0862. The number of urea groups is 1. The minimum Gasteiger partial charge on any atom is -0.335 e. The Balaban J connectivity index is 1.76. The predicted molar refractivity (Wildman–Crippen MR) is 155 cm³/mol. The number of carbonyl (C=O) groups is 2. The van der Waals surface area contributed by atoms with Crippen LogP contribution in [0.3, 0.4) is 0 Å². The molecule has 4 rings (SSSR count). The van der Waals surface area contributed by atoms with Crippen LogP contribution in [-0.2, 0) is 11.0 Å². The number of nitrogens with zero attached hydrogens (tertiary/aromatic N) is 3. The quantitative estimate of drug-likeness (QED) is 0.309. The molecular formula is C33H40F3N3O2. The SMILES string of the molecule is C=CCC1(CC=C)C[C@H]2[C@H](c3ccccc3C)N(C(=O)N(C)[C@@H](c3cccc(C(F)(F)F)c3)C(C)C)CCN2C1=O. The third kappa shape index (κ3) is 5.66. The van der Waals surface area contributed by atoms with Crippen LogP contribution in [0.15, 0.2) is 73.8 Å². The first-order valence-corrected chi connectivity index (χ1v) is 14.1. The third-order valence-corrected chi connectivity index (χ3v) is 8.73. The van der Waals surface area contributed by atoms with Gasteiger partial charge in [0.15, 0.2) is 0 Å². The second-order valence-corrected chi connectivity index (χ2v) is 11.7. The number of hydrogen-bond donors (Lipinski definition) is 0. The highest BCUT2D eigenvalue weighted by atomic mass is 19.4. The first kappa shape index (κ1) is 30.4. The molecule has 2 aromatic carbocycles. The molecule has 2 aliphatic rings.